The van der Waals surface area contributed by atoms with Crippen LogP contribution in [-0.4, -0.2) is 48.8 Å². The molecule has 6 nitrogen and oxygen atoms in total. The first-order valence-electron chi connectivity index (χ1n) is 7.00. The summed E-state index contributed by atoms with van der Waals surface area (Å²) in [6, 6.07) is 7.26. The molecule has 0 atom stereocenters. The van der Waals surface area contributed by atoms with E-state index in [0.717, 1.165) is 18.5 Å². The number of carbonyl (C=O) groups excluding carboxylic acids is 2. The zero-order valence-electron chi connectivity index (χ0n) is 12.9. The molecule has 0 spiro atoms. The topological polar surface area (TPSA) is 78.7 Å². The van der Waals surface area contributed by atoms with Crippen molar-refractivity contribution >= 4 is 11.8 Å². The van der Waals surface area contributed by atoms with E-state index in [1.807, 2.05) is 12.1 Å². The predicted octanol–water partition coefficient (Wildman–Crippen LogP) is 0.590. The van der Waals surface area contributed by atoms with Crippen molar-refractivity contribution in [1.29, 1.82) is 0 Å². The highest BCUT2D eigenvalue weighted by Gasteiger charge is 2.13. The second-order valence-electron chi connectivity index (χ2n) is 5.17. The molecule has 0 aromatic heterocycles. The van der Waals surface area contributed by atoms with Gasteiger partial charge in [0.15, 0.2) is 0 Å². The molecular weight excluding hydrogens is 268 g/mol. The maximum atomic E-state index is 11.8. The van der Waals surface area contributed by atoms with Crippen LogP contribution in [0, 0.1) is 0 Å². The van der Waals surface area contributed by atoms with Gasteiger partial charge in [0, 0.05) is 26.2 Å². The lowest BCUT2D eigenvalue weighted by Crippen LogP contribution is -2.36. The Morgan fingerprint density at radius 3 is 2.57 bits per heavy atom. The van der Waals surface area contributed by atoms with Gasteiger partial charge < -0.3 is 4.90 Å². The van der Waals surface area contributed by atoms with Crippen LogP contribution in [0.2, 0.25) is 0 Å². The molecule has 0 aliphatic heterocycles. The van der Waals surface area contributed by atoms with Gasteiger partial charge in [0.25, 0.3) is 5.91 Å². The van der Waals surface area contributed by atoms with E-state index >= 15 is 0 Å². The lowest BCUT2D eigenvalue weighted by molar-refractivity contribution is -0.130. The molecule has 1 aromatic carbocycles. The van der Waals surface area contributed by atoms with E-state index in [4.69, 9.17) is 5.84 Å². The molecule has 2 amide bonds. The van der Waals surface area contributed by atoms with Crippen molar-refractivity contribution in [3.63, 3.8) is 0 Å². The highest BCUT2D eigenvalue weighted by atomic mass is 16.2. The average Bonchev–Trinajstić information content (AvgIpc) is 2.46. The van der Waals surface area contributed by atoms with E-state index in [1.165, 1.54) is 0 Å². The van der Waals surface area contributed by atoms with Gasteiger partial charge in [0.05, 0.1) is 6.54 Å². The van der Waals surface area contributed by atoms with Crippen molar-refractivity contribution in [1.82, 2.24) is 15.2 Å². The van der Waals surface area contributed by atoms with Crippen molar-refractivity contribution in [3.05, 3.63) is 35.4 Å². The Balaban J connectivity index is 2.79. The Bertz CT molecular complexity index is 488. The molecule has 21 heavy (non-hydrogen) atoms. The van der Waals surface area contributed by atoms with Crippen LogP contribution in [0.4, 0.5) is 0 Å². The van der Waals surface area contributed by atoms with Crippen LogP contribution in [0.1, 0.15) is 29.3 Å². The van der Waals surface area contributed by atoms with Crippen LogP contribution in [0.3, 0.4) is 0 Å². The van der Waals surface area contributed by atoms with E-state index in [2.05, 4.69) is 17.2 Å². The Labute approximate surface area is 125 Å². The monoisotopic (exact) mass is 292 g/mol. The minimum Gasteiger partial charge on any atom is -0.348 e. The Kier molecular flexibility index (Phi) is 6.84. The van der Waals surface area contributed by atoms with Gasteiger partial charge in [-0.25, -0.2) is 5.84 Å². The minimum atomic E-state index is -0.316. The van der Waals surface area contributed by atoms with Crippen molar-refractivity contribution in [2.75, 3.05) is 27.2 Å². The smallest absolute Gasteiger partial charge is 0.265 e. The third kappa shape index (κ3) is 5.53. The van der Waals surface area contributed by atoms with Crippen molar-refractivity contribution in [2.24, 2.45) is 5.84 Å². The number of likely N-dealkylation sites (N-methyl/N-ethyl adjacent to an activating group) is 1. The molecule has 116 valence electrons. The number of hydrazine groups is 1. The first kappa shape index (κ1) is 17.1. The molecule has 0 radical (unpaired) electrons. The van der Waals surface area contributed by atoms with Gasteiger partial charge in [-0.2, -0.15) is 0 Å². The lowest BCUT2D eigenvalue weighted by atomic mass is 10.1. The molecule has 1 aromatic rings. The number of rotatable bonds is 7. The highest BCUT2D eigenvalue weighted by Crippen LogP contribution is 2.09. The first-order chi connectivity index (χ1) is 9.97. The maximum Gasteiger partial charge on any atom is 0.265 e. The lowest BCUT2D eigenvalue weighted by Gasteiger charge is -2.23. The second-order valence-corrected chi connectivity index (χ2v) is 5.17. The molecule has 1 rings (SSSR count). The summed E-state index contributed by atoms with van der Waals surface area (Å²) in [5, 5.41) is 0. The van der Waals surface area contributed by atoms with Crippen molar-refractivity contribution < 1.29 is 9.59 Å². The number of nitrogens with one attached hydrogen (secondary N) is 1. The highest BCUT2D eigenvalue weighted by molar-refractivity contribution is 5.93. The number of amides is 2. The largest absolute Gasteiger partial charge is 0.348 e. The normalized spacial score (nSPS) is 10.5. The van der Waals surface area contributed by atoms with E-state index < -0.39 is 0 Å². The Morgan fingerprint density at radius 1 is 1.29 bits per heavy atom. The number of nitrogens with two attached hydrogens (primary N) is 1. The van der Waals surface area contributed by atoms with Gasteiger partial charge in [-0.05, 0) is 30.7 Å². The maximum absolute atomic E-state index is 11.8. The molecule has 0 aliphatic rings. The fraction of sp³-hybridized carbons (Fsp3) is 0.467. The molecule has 0 heterocycles. The number of nitrogens with zero attached hydrogens (tertiary/aromatic N) is 2. The van der Waals surface area contributed by atoms with Gasteiger partial charge in [0.1, 0.15) is 0 Å². The summed E-state index contributed by atoms with van der Waals surface area (Å²) in [4.78, 5) is 27.0. The Hall–Kier alpha value is -1.92. The SMILES string of the molecule is CCCN(CC(=O)N(C)C)Cc1cccc(C(=O)NN)c1. The van der Waals surface area contributed by atoms with Gasteiger partial charge in [-0.3, -0.25) is 19.9 Å². The molecule has 0 bridgehead atoms. The molecule has 0 aliphatic carbocycles. The first-order valence-corrected chi connectivity index (χ1v) is 7.00. The van der Waals surface area contributed by atoms with Gasteiger partial charge in [-0.1, -0.05) is 19.1 Å². The predicted molar refractivity (Wildman–Crippen MR) is 82.4 cm³/mol. The van der Waals surface area contributed by atoms with Gasteiger partial charge in [-0.15, -0.1) is 0 Å². The zero-order valence-corrected chi connectivity index (χ0v) is 12.9. The fourth-order valence-corrected chi connectivity index (χ4v) is 2.02. The molecular formula is C15H24N4O2. The van der Waals surface area contributed by atoms with E-state index in [1.54, 1.807) is 31.1 Å². The van der Waals surface area contributed by atoms with Crippen LogP contribution in [0.25, 0.3) is 0 Å². The molecule has 0 saturated carbocycles. The molecule has 0 fully saturated rings. The van der Waals surface area contributed by atoms with E-state index in [-0.39, 0.29) is 11.8 Å². The zero-order chi connectivity index (χ0) is 15.8. The van der Waals surface area contributed by atoms with Crippen LogP contribution in [0.5, 0.6) is 0 Å². The number of benzene rings is 1. The van der Waals surface area contributed by atoms with Gasteiger partial charge >= 0.3 is 0 Å². The van der Waals surface area contributed by atoms with Crippen molar-refractivity contribution in [3.8, 4) is 0 Å². The summed E-state index contributed by atoms with van der Waals surface area (Å²) in [6.45, 7) is 3.89. The quantitative estimate of drug-likeness (QED) is 0.438. The minimum absolute atomic E-state index is 0.0688. The third-order valence-electron chi connectivity index (χ3n) is 3.12. The molecule has 0 saturated heterocycles. The molecule has 3 N–H and O–H groups in total. The van der Waals surface area contributed by atoms with Crippen molar-refractivity contribution in [2.45, 2.75) is 19.9 Å². The van der Waals surface area contributed by atoms with E-state index in [9.17, 15) is 9.59 Å². The number of carbonyl (C=O) groups is 2. The van der Waals surface area contributed by atoms with Gasteiger partial charge in [0.2, 0.25) is 5.91 Å². The van der Waals surface area contributed by atoms with Crippen LogP contribution < -0.4 is 11.3 Å². The molecule has 0 unspecified atom stereocenters. The fourth-order valence-electron chi connectivity index (χ4n) is 2.02. The number of hydrogen-bond donors (Lipinski definition) is 2. The molecule has 6 heteroatoms. The summed E-state index contributed by atoms with van der Waals surface area (Å²) in [5.74, 6) is 4.89. The summed E-state index contributed by atoms with van der Waals surface area (Å²) in [6.07, 6.45) is 0.962. The summed E-state index contributed by atoms with van der Waals surface area (Å²) < 4.78 is 0. The van der Waals surface area contributed by atoms with E-state index in [0.29, 0.717) is 18.7 Å². The second kappa shape index (κ2) is 8.39. The summed E-state index contributed by atoms with van der Waals surface area (Å²) in [7, 11) is 3.50. The van der Waals surface area contributed by atoms with Crippen LogP contribution in [-0.2, 0) is 11.3 Å². The summed E-state index contributed by atoms with van der Waals surface area (Å²) in [5.41, 5.74) is 3.62. The standard InChI is InChI=1S/C15H24N4O2/c1-4-8-19(11-14(20)18(2)3)10-12-6-5-7-13(9-12)15(21)17-16/h5-7,9H,4,8,10-11,16H2,1-3H3,(H,17,21). The van der Waals surface area contributed by atoms with Crippen LogP contribution >= 0.6 is 0 Å². The third-order valence-corrected chi connectivity index (χ3v) is 3.12. The summed E-state index contributed by atoms with van der Waals surface area (Å²) >= 11 is 0. The average molecular weight is 292 g/mol. The number of nitrogen functional groups attached to an aromatic ring is 1. The number of hydrogen-bond acceptors (Lipinski definition) is 4. The Morgan fingerprint density at radius 2 is 2.00 bits per heavy atom. The van der Waals surface area contributed by atoms with Crippen LogP contribution in [0.15, 0.2) is 24.3 Å².